The molecule has 0 aliphatic carbocycles. The zero-order chi connectivity index (χ0) is 7.56. The van der Waals surface area contributed by atoms with Gasteiger partial charge < -0.3 is 4.74 Å². The Morgan fingerprint density at radius 3 is 2.70 bits per heavy atom. The molecule has 0 saturated carbocycles. The second kappa shape index (κ2) is 3.26. The molecule has 1 aliphatic heterocycles. The number of halogens is 2. The van der Waals surface area contributed by atoms with E-state index in [2.05, 4.69) is 4.74 Å². The third-order valence-electron chi connectivity index (χ3n) is 1.37. The largest absolute Gasteiger partial charge is 0.434 e. The van der Waals surface area contributed by atoms with E-state index in [0.717, 1.165) is 5.57 Å². The lowest BCUT2D eigenvalue weighted by atomic mass is 10.1. The minimum Gasteiger partial charge on any atom is -0.434 e. The van der Waals surface area contributed by atoms with Gasteiger partial charge in [-0.15, -0.1) is 23.2 Å². The number of hydrogen-bond donors (Lipinski definition) is 0. The number of ether oxygens (including phenoxy) is 1. The molecule has 0 N–H and O–H groups in total. The molecular weight excluding hydrogens is 175 g/mol. The maximum Gasteiger partial charge on any atom is 0.319 e. The van der Waals surface area contributed by atoms with Crippen molar-refractivity contribution in [2.45, 2.75) is 0 Å². The van der Waals surface area contributed by atoms with Crippen molar-refractivity contribution in [3.63, 3.8) is 0 Å². The van der Waals surface area contributed by atoms with Gasteiger partial charge in [0.1, 0.15) is 0 Å². The van der Waals surface area contributed by atoms with Crippen LogP contribution in [0.4, 0.5) is 0 Å². The van der Waals surface area contributed by atoms with E-state index in [1.165, 1.54) is 6.26 Å². The van der Waals surface area contributed by atoms with Crippen molar-refractivity contribution in [3.8, 4) is 0 Å². The lowest BCUT2D eigenvalue weighted by molar-refractivity contribution is -0.138. The second-order valence-corrected chi connectivity index (χ2v) is 2.55. The summed E-state index contributed by atoms with van der Waals surface area (Å²) < 4.78 is 4.59. The van der Waals surface area contributed by atoms with E-state index in [0.29, 0.717) is 5.88 Å². The molecule has 1 rings (SSSR count). The molecule has 56 valence electrons. The van der Waals surface area contributed by atoms with Crippen LogP contribution in [0.2, 0.25) is 0 Å². The fourth-order valence-electron chi connectivity index (χ4n) is 0.736. The Kier molecular flexibility index (Phi) is 2.57. The summed E-state index contributed by atoms with van der Waals surface area (Å²) in [6.45, 7) is 0. The van der Waals surface area contributed by atoms with Gasteiger partial charge in [0, 0.05) is 11.8 Å². The molecule has 0 bridgehead atoms. The van der Waals surface area contributed by atoms with Crippen molar-refractivity contribution in [3.05, 3.63) is 11.8 Å². The lowest BCUT2D eigenvalue weighted by Crippen LogP contribution is -2.13. The SMILES string of the molecule is O=C1OC=C(CCl)C1CCl. The van der Waals surface area contributed by atoms with E-state index in [1.54, 1.807) is 0 Å². The third kappa shape index (κ3) is 1.27. The molecule has 0 fully saturated rings. The van der Waals surface area contributed by atoms with Crippen LogP contribution >= 0.6 is 23.2 Å². The highest BCUT2D eigenvalue weighted by Gasteiger charge is 2.28. The first-order valence-corrected chi connectivity index (χ1v) is 3.88. The first-order valence-electron chi connectivity index (χ1n) is 2.81. The highest BCUT2D eigenvalue weighted by atomic mass is 35.5. The van der Waals surface area contributed by atoms with Crippen LogP contribution in [0.15, 0.2) is 11.8 Å². The highest BCUT2D eigenvalue weighted by Crippen LogP contribution is 2.22. The first-order chi connectivity index (χ1) is 4.79. The summed E-state index contributed by atoms with van der Waals surface area (Å²) in [5.41, 5.74) is 0.765. The average molecular weight is 181 g/mol. The Bertz CT molecular complexity index is 177. The summed E-state index contributed by atoms with van der Waals surface area (Å²) in [6.07, 6.45) is 1.38. The van der Waals surface area contributed by atoms with Crippen LogP contribution in [-0.2, 0) is 9.53 Å². The number of esters is 1. The van der Waals surface area contributed by atoms with E-state index in [9.17, 15) is 4.79 Å². The van der Waals surface area contributed by atoms with Crippen molar-refractivity contribution in [2.24, 2.45) is 5.92 Å². The van der Waals surface area contributed by atoms with Crippen LogP contribution in [0.5, 0.6) is 0 Å². The van der Waals surface area contributed by atoms with Crippen LogP contribution < -0.4 is 0 Å². The number of hydrogen-bond acceptors (Lipinski definition) is 2. The molecule has 0 saturated heterocycles. The van der Waals surface area contributed by atoms with Crippen molar-refractivity contribution >= 4 is 29.2 Å². The number of alkyl halides is 2. The molecule has 4 heteroatoms. The molecule has 0 aromatic carbocycles. The van der Waals surface area contributed by atoms with E-state index in [4.69, 9.17) is 23.2 Å². The number of carbonyl (C=O) groups excluding carboxylic acids is 1. The minimum absolute atomic E-state index is 0.247. The summed E-state index contributed by atoms with van der Waals surface area (Å²) in [5, 5.41) is 0. The molecule has 0 aromatic heterocycles. The van der Waals surface area contributed by atoms with Crippen LogP contribution in [0.1, 0.15) is 0 Å². The molecule has 2 nitrogen and oxygen atoms in total. The molecule has 10 heavy (non-hydrogen) atoms. The predicted octanol–water partition coefficient (Wildman–Crippen LogP) is 1.52. The highest BCUT2D eigenvalue weighted by molar-refractivity contribution is 6.21. The lowest BCUT2D eigenvalue weighted by Gasteiger charge is -2.01. The minimum atomic E-state index is -0.320. The molecule has 1 atom stereocenters. The second-order valence-electron chi connectivity index (χ2n) is 1.97. The first kappa shape index (κ1) is 7.89. The van der Waals surface area contributed by atoms with Gasteiger partial charge in [0.2, 0.25) is 0 Å². The molecule has 1 heterocycles. The van der Waals surface area contributed by atoms with Crippen molar-refractivity contribution in [2.75, 3.05) is 11.8 Å². The van der Waals surface area contributed by atoms with Gasteiger partial charge >= 0.3 is 5.97 Å². The van der Waals surface area contributed by atoms with Gasteiger partial charge in [-0.3, -0.25) is 4.79 Å². The number of rotatable bonds is 2. The predicted molar refractivity (Wildman–Crippen MR) is 39.1 cm³/mol. The fraction of sp³-hybridized carbons (Fsp3) is 0.500. The van der Waals surface area contributed by atoms with E-state index in [1.807, 2.05) is 0 Å². The Hall–Kier alpha value is -0.210. The van der Waals surface area contributed by atoms with E-state index >= 15 is 0 Å². The van der Waals surface area contributed by atoms with Crippen LogP contribution in [0.3, 0.4) is 0 Å². The molecule has 0 radical (unpaired) electrons. The van der Waals surface area contributed by atoms with Gasteiger partial charge in [0.25, 0.3) is 0 Å². The number of cyclic esters (lactones) is 1. The molecule has 1 aliphatic rings. The summed E-state index contributed by atoms with van der Waals surface area (Å²) in [6, 6.07) is 0. The summed E-state index contributed by atoms with van der Waals surface area (Å²) in [5.74, 6) is -0.0645. The van der Waals surface area contributed by atoms with Gasteiger partial charge in [-0.2, -0.15) is 0 Å². The Morgan fingerprint density at radius 2 is 2.30 bits per heavy atom. The normalized spacial score (nSPS) is 24.4. The molecule has 1 unspecified atom stereocenters. The summed E-state index contributed by atoms with van der Waals surface area (Å²) in [4.78, 5) is 10.8. The van der Waals surface area contributed by atoms with Crippen molar-refractivity contribution in [1.29, 1.82) is 0 Å². The van der Waals surface area contributed by atoms with Crippen molar-refractivity contribution < 1.29 is 9.53 Å². The van der Waals surface area contributed by atoms with Gasteiger partial charge in [-0.1, -0.05) is 0 Å². The molecule has 0 aromatic rings. The van der Waals surface area contributed by atoms with Gasteiger partial charge in [0.05, 0.1) is 12.2 Å². The standard InChI is InChI=1S/C6H6Cl2O2/c7-1-4-3-10-6(9)5(4)2-8/h3,5H,1-2H2. The Balaban J connectivity index is 2.66. The topological polar surface area (TPSA) is 26.3 Å². The third-order valence-corrected chi connectivity index (χ3v) is 1.98. The smallest absolute Gasteiger partial charge is 0.319 e. The van der Waals surface area contributed by atoms with Crippen LogP contribution in [0.25, 0.3) is 0 Å². The van der Waals surface area contributed by atoms with E-state index < -0.39 is 0 Å². The molecule has 0 amide bonds. The van der Waals surface area contributed by atoms with Gasteiger partial charge in [0.15, 0.2) is 0 Å². The summed E-state index contributed by atoms with van der Waals surface area (Å²) >= 11 is 11.0. The summed E-state index contributed by atoms with van der Waals surface area (Å²) in [7, 11) is 0. The van der Waals surface area contributed by atoms with Crippen LogP contribution in [0, 0.1) is 5.92 Å². The number of carbonyl (C=O) groups is 1. The van der Waals surface area contributed by atoms with Crippen LogP contribution in [-0.4, -0.2) is 17.7 Å². The average Bonchev–Trinajstić information content (AvgIpc) is 2.30. The van der Waals surface area contributed by atoms with E-state index in [-0.39, 0.29) is 17.8 Å². The molecule has 0 spiro atoms. The van der Waals surface area contributed by atoms with Gasteiger partial charge in [-0.25, -0.2) is 0 Å². The Morgan fingerprint density at radius 1 is 1.60 bits per heavy atom. The zero-order valence-electron chi connectivity index (χ0n) is 5.14. The van der Waals surface area contributed by atoms with Crippen molar-refractivity contribution in [1.82, 2.24) is 0 Å². The van der Waals surface area contributed by atoms with Gasteiger partial charge in [-0.05, 0) is 5.57 Å². The Labute approximate surface area is 68.8 Å². The maximum absolute atomic E-state index is 10.8. The fourth-order valence-corrected chi connectivity index (χ4v) is 1.31. The maximum atomic E-state index is 10.8. The monoisotopic (exact) mass is 180 g/mol. The quantitative estimate of drug-likeness (QED) is 0.476. The zero-order valence-corrected chi connectivity index (χ0v) is 6.65. The molecular formula is C6H6Cl2O2.